The van der Waals surface area contributed by atoms with Crippen LogP contribution in [0.15, 0.2) is 21.1 Å². The van der Waals surface area contributed by atoms with E-state index in [1.807, 2.05) is 0 Å². The van der Waals surface area contributed by atoms with Gasteiger partial charge in [0.1, 0.15) is 11.8 Å². The molecule has 0 fully saturated rings. The van der Waals surface area contributed by atoms with Crippen LogP contribution in [0.4, 0.5) is 8.78 Å². The van der Waals surface area contributed by atoms with Crippen molar-refractivity contribution in [2.75, 3.05) is 6.61 Å². The summed E-state index contributed by atoms with van der Waals surface area (Å²) in [4.78, 5) is 11.2. The van der Waals surface area contributed by atoms with Crippen molar-refractivity contribution in [3.63, 3.8) is 0 Å². The van der Waals surface area contributed by atoms with Crippen molar-refractivity contribution in [1.82, 2.24) is 0 Å². The number of nitrogens with two attached hydrogens (primary N) is 1. The van der Waals surface area contributed by atoms with Gasteiger partial charge in [-0.1, -0.05) is 0 Å². The summed E-state index contributed by atoms with van der Waals surface area (Å²) in [6.45, 7) is 1.26. The van der Waals surface area contributed by atoms with Gasteiger partial charge in [-0.05, 0) is 56.5 Å². The van der Waals surface area contributed by atoms with Crippen LogP contribution >= 0.6 is 31.9 Å². The van der Waals surface area contributed by atoms with Crippen molar-refractivity contribution >= 4 is 37.8 Å². The van der Waals surface area contributed by atoms with Crippen molar-refractivity contribution < 1.29 is 23.4 Å². The van der Waals surface area contributed by atoms with E-state index in [0.29, 0.717) is 0 Å². The molecule has 1 aromatic carbocycles. The first-order valence-electron chi connectivity index (χ1n) is 5.20. The molecule has 0 aliphatic rings. The molecule has 0 heterocycles. The van der Waals surface area contributed by atoms with E-state index in [-0.39, 0.29) is 26.9 Å². The van der Waals surface area contributed by atoms with Crippen LogP contribution in [0.3, 0.4) is 0 Å². The zero-order chi connectivity index (χ0) is 14.8. The third kappa shape index (κ3) is 3.43. The van der Waals surface area contributed by atoms with Gasteiger partial charge in [0.15, 0.2) is 0 Å². The molecule has 3 N–H and O–H groups in total. The second-order valence-corrected chi connectivity index (χ2v) is 5.36. The zero-order valence-corrected chi connectivity index (χ0v) is 13.0. The summed E-state index contributed by atoms with van der Waals surface area (Å²) >= 11 is 6.01. The van der Waals surface area contributed by atoms with Crippen LogP contribution in [0.5, 0.6) is 5.75 Å². The van der Waals surface area contributed by atoms with Gasteiger partial charge in [-0.25, -0.2) is 4.79 Å². The maximum Gasteiger partial charge on any atom is 0.379 e. The van der Waals surface area contributed by atoms with Gasteiger partial charge in [-0.3, -0.25) is 0 Å². The Bertz CT molecular complexity index is 474. The Kier molecular flexibility index (Phi) is 5.28. The Morgan fingerprint density at radius 1 is 1.47 bits per heavy atom. The highest BCUT2D eigenvalue weighted by molar-refractivity contribution is 9.11. The Morgan fingerprint density at radius 2 is 1.95 bits per heavy atom. The second kappa shape index (κ2) is 6.15. The van der Waals surface area contributed by atoms with Gasteiger partial charge in [-0.15, -0.1) is 0 Å². The lowest BCUT2D eigenvalue weighted by Crippen LogP contribution is -2.41. The molecule has 0 saturated carbocycles. The molecular weight excluding hydrogens is 392 g/mol. The number of benzene rings is 1. The number of alkyl halides is 2. The number of aromatic hydroxyl groups is 1. The van der Waals surface area contributed by atoms with E-state index in [9.17, 15) is 18.7 Å². The molecule has 19 heavy (non-hydrogen) atoms. The molecule has 0 unspecified atom stereocenters. The van der Waals surface area contributed by atoms with Gasteiger partial charge in [0, 0.05) is 0 Å². The summed E-state index contributed by atoms with van der Waals surface area (Å²) in [6.07, 6.45) is 0. The Morgan fingerprint density at radius 3 is 2.37 bits per heavy atom. The highest BCUT2D eigenvalue weighted by Gasteiger charge is 2.48. The van der Waals surface area contributed by atoms with Crippen LogP contribution in [0.25, 0.3) is 0 Å². The largest absolute Gasteiger partial charge is 0.506 e. The Hall–Kier alpha value is -0.730. The quantitative estimate of drug-likeness (QED) is 0.759. The number of ether oxygens (including phenoxy) is 1. The molecule has 0 spiro atoms. The molecule has 8 heteroatoms. The lowest BCUT2D eigenvalue weighted by molar-refractivity contribution is -0.174. The van der Waals surface area contributed by atoms with Crippen molar-refractivity contribution in [2.45, 2.75) is 18.9 Å². The van der Waals surface area contributed by atoms with Gasteiger partial charge >= 0.3 is 11.9 Å². The lowest BCUT2D eigenvalue weighted by Gasteiger charge is -2.22. The normalized spacial score (nSPS) is 13.2. The predicted molar refractivity (Wildman–Crippen MR) is 72.0 cm³/mol. The van der Waals surface area contributed by atoms with E-state index >= 15 is 0 Å². The summed E-state index contributed by atoms with van der Waals surface area (Å²) in [5, 5.41) is 9.50. The van der Waals surface area contributed by atoms with E-state index in [1.54, 1.807) is 0 Å². The van der Waals surface area contributed by atoms with Crippen molar-refractivity contribution in [3.8, 4) is 5.75 Å². The maximum absolute atomic E-state index is 13.8. The van der Waals surface area contributed by atoms with Crippen molar-refractivity contribution in [3.05, 3.63) is 26.6 Å². The van der Waals surface area contributed by atoms with Crippen LogP contribution in [0, 0.1) is 0 Å². The molecule has 1 atom stereocenters. The smallest absolute Gasteiger partial charge is 0.379 e. The van der Waals surface area contributed by atoms with Crippen LogP contribution in [-0.4, -0.2) is 23.6 Å². The number of carbonyl (C=O) groups is 1. The lowest BCUT2D eigenvalue weighted by atomic mass is 10.0. The molecule has 1 aromatic rings. The minimum Gasteiger partial charge on any atom is -0.506 e. The van der Waals surface area contributed by atoms with E-state index in [0.717, 1.165) is 0 Å². The van der Waals surface area contributed by atoms with Crippen LogP contribution in [0.1, 0.15) is 18.5 Å². The second-order valence-electron chi connectivity index (χ2n) is 3.65. The molecular formula is C11H11Br2F2NO3. The molecule has 4 nitrogen and oxygen atoms in total. The molecule has 0 aliphatic carbocycles. The average Bonchev–Trinajstić information content (AvgIpc) is 2.34. The summed E-state index contributed by atoms with van der Waals surface area (Å²) in [6, 6.07) is 0.565. The predicted octanol–water partition coefficient (Wildman–Crippen LogP) is 3.12. The molecule has 0 bridgehead atoms. The third-order valence-electron chi connectivity index (χ3n) is 2.34. The SMILES string of the molecule is CCOC(=O)C(F)(F)[C@H](N)c1cc(Br)c(O)c(Br)c1. The Balaban J connectivity index is 3.12. The number of phenols is 1. The van der Waals surface area contributed by atoms with Crippen LogP contribution in [0.2, 0.25) is 0 Å². The maximum atomic E-state index is 13.8. The number of phenolic OH excluding ortho intramolecular Hbond substituents is 1. The molecule has 0 radical (unpaired) electrons. The summed E-state index contributed by atoms with van der Waals surface area (Å²) < 4.78 is 32.2. The number of halogens is 4. The van der Waals surface area contributed by atoms with Crippen molar-refractivity contribution in [1.29, 1.82) is 0 Å². The molecule has 0 saturated heterocycles. The minimum absolute atomic E-state index is 0.0189. The van der Waals surface area contributed by atoms with E-state index in [4.69, 9.17) is 5.73 Å². The van der Waals surface area contributed by atoms with Crippen LogP contribution < -0.4 is 5.73 Å². The average molecular weight is 403 g/mol. The fraction of sp³-hybridized carbons (Fsp3) is 0.364. The number of carbonyl (C=O) groups excluding carboxylic acids is 1. The summed E-state index contributed by atoms with van der Waals surface area (Å²) in [5.41, 5.74) is 5.40. The molecule has 0 aliphatic heterocycles. The zero-order valence-electron chi connectivity index (χ0n) is 9.79. The molecule has 0 amide bonds. The minimum atomic E-state index is -3.86. The van der Waals surface area contributed by atoms with E-state index in [1.165, 1.54) is 19.1 Å². The van der Waals surface area contributed by atoms with Crippen molar-refractivity contribution in [2.24, 2.45) is 5.73 Å². The van der Waals surface area contributed by atoms with Gasteiger partial charge in [0.25, 0.3) is 0 Å². The van der Waals surface area contributed by atoms with Crippen LogP contribution in [-0.2, 0) is 9.53 Å². The third-order valence-corrected chi connectivity index (χ3v) is 3.55. The van der Waals surface area contributed by atoms with E-state index < -0.39 is 17.9 Å². The molecule has 0 aromatic heterocycles. The Labute approximate surface area is 125 Å². The summed E-state index contributed by atoms with van der Waals surface area (Å²) in [5.74, 6) is -5.68. The number of hydrogen-bond acceptors (Lipinski definition) is 4. The van der Waals surface area contributed by atoms with E-state index in [2.05, 4.69) is 36.6 Å². The first kappa shape index (κ1) is 16.3. The van der Waals surface area contributed by atoms with Gasteiger partial charge in [0.2, 0.25) is 0 Å². The first-order valence-corrected chi connectivity index (χ1v) is 6.78. The number of esters is 1. The monoisotopic (exact) mass is 401 g/mol. The molecule has 106 valence electrons. The molecule has 1 rings (SSSR count). The van der Waals surface area contributed by atoms with Gasteiger partial charge in [-0.2, -0.15) is 8.78 Å². The van der Waals surface area contributed by atoms with Gasteiger partial charge < -0.3 is 15.6 Å². The first-order chi connectivity index (χ1) is 8.71. The number of hydrogen-bond donors (Lipinski definition) is 2. The fourth-order valence-electron chi connectivity index (χ4n) is 1.33. The topological polar surface area (TPSA) is 72.5 Å². The summed E-state index contributed by atoms with van der Waals surface area (Å²) in [7, 11) is 0. The fourth-order valence-corrected chi connectivity index (χ4v) is 2.55. The highest BCUT2D eigenvalue weighted by atomic mass is 79.9. The standard InChI is InChI=1S/C11H11Br2F2NO3/c1-2-19-10(18)11(14,15)9(16)5-3-6(12)8(17)7(13)4-5/h3-4,9,17H,2,16H2,1H3/t9-/m1/s1. The number of rotatable bonds is 4. The van der Waals surface area contributed by atoms with Gasteiger partial charge in [0.05, 0.1) is 15.6 Å². The highest BCUT2D eigenvalue weighted by Crippen LogP contribution is 2.38.